The SMILES string of the molecule is Cc1ccc([C@H](N)[C@H](O)C2CC2)cc1. The Balaban J connectivity index is 2.09. The van der Waals surface area contributed by atoms with Gasteiger partial charge in [0.25, 0.3) is 0 Å². The summed E-state index contributed by atoms with van der Waals surface area (Å²) in [7, 11) is 0. The Morgan fingerprint density at radius 2 is 1.86 bits per heavy atom. The molecule has 1 aliphatic rings. The standard InChI is InChI=1S/C12H17NO/c1-8-2-4-9(5-3-8)11(13)12(14)10-6-7-10/h2-5,10-12,14H,6-7,13H2,1H3/t11-,12+/m0/s1. The summed E-state index contributed by atoms with van der Waals surface area (Å²) in [6.07, 6.45) is 1.89. The zero-order chi connectivity index (χ0) is 10.1. The highest BCUT2D eigenvalue weighted by Gasteiger charge is 2.34. The van der Waals surface area contributed by atoms with Crippen molar-refractivity contribution in [1.29, 1.82) is 0 Å². The third-order valence-electron chi connectivity index (χ3n) is 2.94. The lowest BCUT2D eigenvalue weighted by Crippen LogP contribution is -2.27. The minimum atomic E-state index is -0.363. The molecule has 1 aliphatic carbocycles. The molecule has 1 fully saturated rings. The van der Waals surface area contributed by atoms with Gasteiger partial charge in [-0.05, 0) is 31.2 Å². The number of aryl methyl sites for hydroxylation is 1. The Bertz CT molecular complexity index is 303. The summed E-state index contributed by atoms with van der Waals surface area (Å²) in [4.78, 5) is 0. The van der Waals surface area contributed by atoms with E-state index in [1.54, 1.807) is 0 Å². The van der Waals surface area contributed by atoms with E-state index in [1.165, 1.54) is 5.56 Å². The molecule has 2 rings (SSSR count). The summed E-state index contributed by atoms with van der Waals surface area (Å²) in [5, 5.41) is 9.86. The van der Waals surface area contributed by atoms with E-state index in [0.29, 0.717) is 5.92 Å². The smallest absolute Gasteiger partial charge is 0.0760 e. The van der Waals surface area contributed by atoms with Crippen molar-refractivity contribution in [3.8, 4) is 0 Å². The molecule has 0 aliphatic heterocycles. The fourth-order valence-corrected chi connectivity index (χ4v) is 1.72. The molecule has 76 valence electrons. The van der Waals surface area contributed by atoms with Crippen LogP contribution in [0, 0.1) is 12.8 Å². The number of aliphatic hydroxyl groups is 1. The quantitative estimate of drug-likeness (QED) is 0.764. The molecule has 2 heteroatoms. The molecule has 3 N–H and O–H groups in total. The molecular formula is C12H17NO. The number of hydrogen-bond donors (Lipinski definition) is 2. The van der Waals surface area contributed by atoms with Gasteiger partial charge in [0.1, 0.15) is 0 Å². The molecule has 2 atom stereocenters. The Kier molecular flexibility index (Phi) is 2.57. The Hall–Kier alpha value is -0.860. The van der Waals surface area contributed by atoms with E-state index in [-0.39, 0.29) is 12.1 Å². The van der Waals surface area contributed by atoms with Gasteiger partial charge in [-0.25, -0.2) is 0 Å². The molecule has 1 aromatic rings. The largest absolute Gasteiger partial charge is 0.391 e. The summed E-state index contributed by atoms with van der Waals surface area (Å²) in [6.45, 7) is 2.05. The van der Waals surface area contributed by atoms with E-state index in [0.717, 1.165) is 18.4 Å². The lowest BCUT2D eigenvalue weighted by molar-refractivity contribution is 0.122. The predicted molar refractivity (Wildman–Crippen MR) is 56.8 cm³/mol. The van der Waals surface area contributed by atoms with Crippen LogP contribution in [0.1, 0.15) is 30.0 Å². The van der Waals surface area contributed by atoms with Crippen LogP contribution in [-0.4, -0.2) is 11.2 Å². The normalized spacial score (nSPS) is 20.5. The molecule has 1 saturated carbocycles. The van der Waals surface area contributed by atoms with Crippen LogP contribution in [0.3, 0.4) is 0 Å². The summed E-state index contributed by atoms with van der Waals surface area (Å²) in [5.74, 6) is 0.436. The minimum Gasteiger partial charge on any atom is -0.391 e. The van der Waals surface area contributed by atoms with Crippen LogP contribution in [0.2, 0.25) is 0 Å². The van der Waals surface area contributed by atoms with Gasteiger partial charge in [0, 0.05) is 0 Å². The van der Waals surface area contributed by atoms with Crippen LogP contribution < -0.4 is 5.73 Å². The van der Waals surface area contributed by atoms with Crippen LogP contribution >= 0.6 is 0 Å². The molecule has 0 heterocycles. The Morgan fingerprint density at radius 1 is 1.29 bits per heavy atom. The van der Waals surface area contributed by atoms with Crippen LogP contribution in [0.15, 0.2) is 24.3 Å². The molecule has 14 heavy (non-hydrogen) atoms. The zero-order valence-electron chi connectivity index (χ0n) is 8.48. The Morgan fingerprint density at radius 3 is 2.36 bits per heavy atom. The molecule has 0 unspecified atom stereocenters. The van der Waals surface area contributed by atoms with Crippen LogP contribution in [-0.2, 0) is 0 Å². The summed E-state index contributed by atoms with van der Waals surface area (Å²) >= 11 is 0. The highest BCUT2D eigenvalue weighted by Crippen LogP contribution is 2.37. The third-order valence-corrected chi connectivity index (χ3v) is 2.94. The van der Waals surface area contributed by atoms with Crippen molar-refractivity contribution in [2.45, 2.75) is 31.9 Å². The second-order valence-corrected chi connectivity index (χ2v) is 4.26. The van der Waals surface area contributed by atoms with Crippen LogP contribution in [0.25, 0.3) is 0 Å². The van der Waals surface area contributed by atoms with Crippen molar-refractivity contribution in [2.24, 2.45) is 11.7 Å². The zero-order valence-corrected chi connectivity index (χ0v) is 8.48. The van der Waals surface area contributed by atoms with Crippen molar-refractivity contribution < 1.29 is 5.11 Å². The van der Waals surface area contributed by atoms with Gasteiger partial charge in [-0.15, -0.1) is 0 Å². The number of rotatable bonds is 3. The highest BCUT2D eigenvalue weighted by molar-refractivity contribution is 5.25. The van der Waals surface area contributed by atoms with E-state index in [9.17, 15) is 5.11 Å². The number of aliphatic hydroxyl groups excluding tert-OH is 1. The third kappa shape index (κ3) is 1.97. The first-order chi connectivity index (χ1) is 6.68. The molecule has 1 aromatic carbocycles. The molecule has 2 nitrogen and oxygen atoms in total. The molecule has 0 radical (unpaired) electrons. The molecule has 0 aromatic heterocycles. The van der Waals surface area contributed by atoms with E-state index >= 15 is 0 Å². The highest BCUT2D eigenvalue weighted by atomic mass is 16.3. The number of nitrogens with two attached hydrogens (primary N) is 1. The maximum atomic E-state index is 9.86. The van der Waals surface area contributed by atoms with Gasteiger partial charge in [-0.3, -0.25) is 0 Å². The second-order valence-electron chi connectivity index (χ2n) is 4.26. The minimum absolute atomic E-state index is 0.219. The Labute approximate surface area is 84.7 Å². The predicted octanol–water partition coefficient (Wildman–Crippen LogP) is 1.77. The maximum absolute atomic E-state index is 9.86. The van der Waals surface area contributed by atoms with Crippen molar-refractivity contribution in [3.63, 3.8) is 0 Å². The summed E-state index contributed by atoms with van der Waals surface area (Å²) in [5.41, 5.74) is 8.24. The molecule has 0 saturated heterocycles. The van der Waals surface area contributed by atoms with Crippen molar-refractivity contribution >= 4 is 0 Å². The van der Waals surface area contributed by atoms with E-state index in [4.69, 9.17) is 5.73 Å². The topological polar surface area (TPSA) is 46.2 Å². The van der Waals surface area contributed by atoms with Crippen molar-refractivity contribution in [1.82, 2.24) is 0 Å². The van der Waals surface area contributed by atoms with Gasteiger partial charge in [-0.2, -0.15) is 0 Å². The first-order valence-electron chi connectivity index (χ1n) is 5.18. The molecular weight excluding hydrogens is 174 g/mol. The monoisotopic (exact) mass is 191 g/mol. The van der Waals surface area contributed by atoms with E-state index < -0.39 is 0 Å². The first-order valence-corrected chi connectivity index (χ1v) is 5.18. The van der Waals surface area contributed by atoms with Crippen molar-refractivity contribution in [3.05, 3.63) is 35.4 Å². The van der Waals surface area contributed by atoms with Gasteiger partial charge in [0.2, 0.25) is 0 Å². The summed E-state index contributed by atoms with van der Waals surface area (Å²) in [6, 6.07) is 7.86. The van der Waals surface area contributed by atoms with Gasteiger partial charge in [0.05, 0.1) is 12.1 Å². The van der Waals surface area contributed by atoms with Crippen LogP contribution in [0.4, 0.5) is 0 Å². The molecule has 0 spiro atoms. The maximum Gasteiger partial charge on any atom is 0.0760 e. The summed E-state index contributed by atoms with van der Waals surface area (Å²) < 4.78 is 0. The van der Waals surface area contributed by atoms with E-state index in [1.807, 2.05) is 31.2 Å². The average Bonchev–Trinajstić information content (AvgIpc) is 3.00. The lowest BCUT2D eigenvalue weighted by atomic mass is 9.98. The lowest BCUT2D eigenvalue weighted by Gasteiger charge is -2.18. The fraction of sp³-hybridized carbons (Fsp3) is 0.500. The molecule has 0 bridgehead atoms. The first kappa shape index (κ1) is 9.69. The molecule has 0 amide bonds. The van der Waals surface area contributed by atoms with E-state index in [2.05, 4.69) is 0 Å². The number of benzene rings is 1. The van der Waals surface area contributed by atoms with Crippen LogP contribution in [0.5, 0.6) is 0 Å². The average molecular weight is 191 g/mol. The van der Waals surface area contributed by atoms with Gasteiger partial charge in [-0.1, -0.05) is 29.8 Å². The van der Waals surface area contributed by atoms with Gasteiger partial charge >= 0.3 is 0 Å². The fourth-order valence-electron chi connectivity index (χ4n) is 1.72. The van der Waals surface area contributed by atoms with Gasteiger partial charge in [0.15, 0.2) is 0 Å². The van der Waals surface area contributed by atoms with Crippen molar-refractivity contribution in [2.75, 3.05) is 0 Å². The second kappa shape index (κ2) is 3.71. The van der Waals surface area contributed by atoms with Gasteiger partial charge < -0.3 is 10.8 Å². The number of hydrogen-bond acceptors (Lipinski definition) is 2.